The van der Waals surface area contributed by atoms with E-state index in [1.165, 1.54) is 0 Å². The fourth-order valence-electron chi connectivity index (χ4n) is 1.01. The van der Waals surface area contributed by atoms with E-state index in [2.05, 4.69) is 10.3 Å². The monoisotopic (exact) mass is 194 g/mol. The molecule has 1 heterocycles. The summed E-state index contributed by atoms with van der Waals surface area (Å²) in [6.07, 6.45) is 1.15. The molecule has 0 aliphatic heterocycles. The summed E-state index contributed by atoms with van der Waals surface area (Å²) in [4.78, 5) is 4.03. The maximum atomic E-state index is 9.07. The van der Waals surface area contributed by atoms with Gasteiger partial charge in [0.05, 0.1) is 11.7 Å². The average molecular weight is 194 g/mol. The van der Waals surface area contributed by atoms with Crippen molar-refractivity contribution in [2.24, 2.45) is 5.73 Å². The Morgan fingerprint density at radius 2 is 2.50 bits per heavy atom. The summed E-state index contributed by atoms with van der Waals surface area (Å²) < 4.78 is 0. The van der Waals surface area contributed by atoms with Gasteiger partial charge in [-0.2, -0.15) is 0 Å². The molecule has 1 aromatic rings. The van der Waals surface area contributed by atoms with Gasteiger partial charge in [0.25, 0.3) is 0 Å². The Hall–Kier alpha value is -1.62. The molecule has 0 saturated carbocycles. The smallest absolute Gasteiger partial charge is 0.137 e. The summed E-state index contributed by atoms with van der Waals surface area (Å²) in [7, 11) is 0. The Morgan fingerprint density at radius 3 is 3.07 bits per heavy atom. The van der Waals surface area contributed by atoms with Gasteiger partial charge >= 0.3 is 0 Å². The molecule has 5 N–H and O–H groups in total. The lowest BCUT2D eigenvalue weighted by Gasteiger charge is -2.10. The van der Waals surface area contributed by atoms with Crippen molar-refractivity contribution in [2.45, 2.75) is 13.0 Å². The number of rotatable bonds is 4. The first-order valence-corrected chi connectivity index (χ1v) is 4.32. The van der Waals surface area contributed by atoms with Crippen molar-refractivity contribution in [3.63, 3.8) is 0 Å². The van der Waals surface area contributed by atoms with Crippen molar-refractivity contribution < 1.29 is 5.11 Å². The molecule has 0 amide bonds. The minimum absolute atomic E-state index is 0.0359. The quantitative estimate of drug-likeness (QED) is 0.405. The predicted molar refractivity (Wildman–Crippen MR) is 55.4 cm³/mol. The van der Waals surface area contributed by atoms with Gasteiger partial charge in [-0.3, -0.25) is 5.41 Å². The first kappa shape index (κ1) is 10.5. The minimum atomic E-state index is -0.461. The second kappa shape index (κ2) is 4.57. The number of pyridine rings is 1. The van der Waals surface area contributed by atoms with E-state index < -0.39 is 6.10 Å². The molecule has 14 heavy (non-hydrogen) atoms. The molecule has 5 heteroatoms. The Morgan fingerprint density at radius 1 is 1.79 bits per heavy atom. The predicted octanol–water partition coefficient (Wildman–Crippen LogP) is 0.158. The second-order valence-corrected chi connectivity index (χ2v) is 3.04. The van der Waals surface area contributed by atoms with Gasteiger partial charge in [0.1, 0.15) is 11.7 Å². The highest BCUT2D eigenvalue weighted by Gasteiger charge is 2.05. The standard InChI is InChI=1S/C9H14N4O/c1-6(14)5-13-9-7(8(10)11)3-2-4-12-9/h2-4,6,14H,5H2,1H3,(H3,10,11)(H,12,13). The third-order valence-corrected chi connectivity index (χ3v) is 1.66. The fraction of sp³-hybridized carbons (Fsp3) is 0.333. The largest absolute Gasteiger partial charge is 0.392 e. The van der Waals surface area contributed by atoms with E-state index in [0.717, 1.165) is 0 Å². The summed E-state index contributed by atoms with van der Waals surface area (Å²) in [6.45, 7) is 2.06. The second-order valence-electron chi connectivity index (χ2n) is 3.04. The molecule has 76 valence electrons. The number of aliphatic hydroxyl groups excluding tert-OH is 1. The number of anilines is 1. The normalized spacial score (nSPS) is 12.1. The zero-order valence-corrected chi connectivity index (χ0v) is 7.99. The first-order valence-electron chi connectivity index (χ1n) is 4.32. The SMILES string of the molecule is CC(O)CNc1ncccc1C(=N)N. The van der Waals surface area contributed by atoms with Crippen LogP contribution in [-0.2, 0) is 0 Å². The lowest BCUT2D eigenvalue weighted by Crippen LogP contribution is -2.20. The van der Waals surface area contributed by atoms with E-state index in [1.807, 2.05) is 0 Å². The summed E-state index contributed by atoms with van der Waals surface area (Å²) in [6, 6.07) is 3.42. The Kier molecular flexibility index (Phi) is 3.41. The van der Waals surface area contributed by atoms with Crippen LogP contribution in [0.2, 0.25) is 0 Å². The molecule has 5 nitrogen and oxygen atoms in total. The number of hydrogen-bond donors (Lipinski definition) is 4. The van der Waals surface area contributed by atoms with Crippen LogP contribution < -0.4 is 11.1 Å². The van der Waals surface area contributed by atoms with Crippen LogP contribution in [0.3, 0.4) is 0 Å². The highest BCUT2D eigenvalue weighted by molar-refractivity contribution is 5.99. The lowest BCUT2D eigenvalue weighted by molar-refractivity contribution is 0.208. The van der Waals surface area contributed by atoms with Crippen molar-refractivity contribution in [3.8, 4) is 0 Å². The summed E-state index contributed by atoms with van der Waals surface area (Å²) in [5, 5.41) is 19.3. The summed E-state index contributed by atoms with van der Waals surface area (Å²) in [5.74, 6) is 0.493. The maximum absolute atomic E-state index is 9.07. The topological polar surface area (TPSA) is 95.0 Å². The number of aliphatic hydroxyl groups is 1. The molecule has 0 radical (unpaired) electrons. The third kappa shape index (κ3) is 2.70. The number of hydrogen-bond acceptors (Lipinski definition) is 4. The number of nitrogens with one attached hydrogen (secondary N) is 2. The average Bonchev–Trinajstić information content (AvgIpc) is 2.15. The van der Waals surface area contributed by atoms with Gasteiger partial charge in [0.15, 0.2) is 0 Å². The molecule has 1 rings (SSSR count). The van der Waals surface area contributed by atoms with Crippen LogP contribution in [0.5, 0.6) is 0 Å². The number of amidine groups is 1. The van der Waals surface area contributed by atoms with Crippen molar-refractivity contribution in [1.29, 1.82) is 5.41 Å². The number of nitrogens with zero attached hydrogens (tertiary/aromatic N) is 1. The van der Waals surface area contributed by atoms with E-state index in [4.69, 9.17) is 16.2 Å². The molecule has 0 spiro atoms. The molecule has 1 aromatic heterocycles. The van der Waals surface area contributed by atoms with Crippen molar-refractivity contribution in [2.75, 3.05) is 11.9 Å². The number of nitrogens with two attached hydrogens (primary N) is 1. The Bertz CT molecular complexity index is 324. The van der Waals surface area contributed by atoms with Gasteiger partial charge in [0, 0.05) is 12.7 Å². The van der Waals surface area contributed by atoms with Gasteiger partial charge in [-0.1, -0.05) is 0 Å². The molecule has 1 unspecified atom stereocenters. The number of aromatic nitrogens is 1. The van der Waals surface area contributed by atoms with E-state index in [1.54, 1.807) is 25.3 Å². The van der Waals surface area contributed by atoms with E-state index in [9.17, 15) is 0 Å². The van der Waals surface area contributed by atoms with Crippen LogP contribution in [0.1, 0.15) is 12.5 Å². The van der Waals surface area contributed by atoms with E-state index in [-0.39, 0.29) is 5.84 Å². The molecule has 0 aliphatic carbocycles. The Labute approximate surface area is 82.5 Å². The van der Waals surface area contributed by atoms with Gasteiger partial charge in [0.2, 0.25) is 0 Å². The third-order valence-electron chi connectivity index (χ3n) is 1.66. The van der Waals surface area contributed by atoms with Gasteiger partial charge in [-0.25, -0.2) is 4.98 Å². The molecule has 0 aromatic carbocycles. The van der Waals surface area contributed by atoms with Gasteiger partial charge in [-0.15, -0.1) is 0 Å². The zero-order valence-electron chi connectivity index (χ0n) is 7.99. The van der Waals surface area contributed by atoms with Crippen molar-refractivity contribution in [3.05, 3.63) is 23.9 Å². The molecular formula is C9H14N4O. The van der Waals surface area contributed by atoms with Crippen LogP contribution >= 0.6 is 0 Å². The van der Waals surface area contributed by atoms with Crippen LogP contribution in [0.15, 0.2) is 18.3 Å². The van der Waals surface area contributed by atoms with Crippen molar-refractivity contribution >= 4 is 11.7 Å². The molecule has 0 saturated heterocycles. The molecule has 0 fully saturated rings. The summed E-state index contributed by atoms with van der Waals surface area (Å²) >= 11 is 0. The highest BCUT2D eigenvalue weighted by atomic mass is 16.3. The van der Waals surface area contributed by atoms with Crippen LogP contribution in [0, 0.1) is 5.41 Å². The number of nitrogen functional groups attached to an aromatic ring is 1. The fourth-order valence-corrected chi connectivity index (χ4v) is 1.01. The van der Waals surface area contributed by atoms with Crippen LogP contribution in [0.25, 0.3) is 0 Å². The van der Waals surface area contributed by atoms with Gasteiger partial charge in [-0.05, 0) is 19.1 Å². The van der Waals surface area contributed by atoms with Crippen LogP contribution in [0.4, 0.5) is 5.82 Å². The van der Waals surface area contributed by atoms with E-state index >= 15 is 0 Å². The summed E-state index contributed by atoms with van der Waals surface area (Å²) in [5.41, 5.74) is 5.91. The maximum Gasteiger partial charge on any atom is 0.137 e. The van der Waals surface area contributed by atoms with Crippen LogP contribution in [-0.4, -0.2) is 28.6 Å². The van der Waals surface area contributed by atoms with Gasteiger partial charge < -0.3 is 16.2 Å². The highest BCUT2D eigenvalue weighted by Crippen LogP contribution is 2.09. The van der Waals surface area contributed by atoms with E-state index in [0.29, 0.717) is 17.9 Å². The minimum Gasteiger partial charge on any atom is -0.392 e. The molecule has 0 bridgehead atoms. The first-order chi connectivity index (χ1) is 6.61. The molecular weight excluding hydrogens is 180 g/mol. The lowest BCUT2D eigenvalue weighted by atomic mass is 10.2. The molecule has 0 aliphatic rings. The zero-order chi connectivity index (χ0) is 10.6. The van der Waals surface area contributed by atoms with Crippen molar-refractivity contribution in [1.82, 2.24) is 4.98 Å². The Balaban J connectivity index is 2.79. The molecule has 1 atom stereocenters.